The predicted molar refractivity (Wildman–Crippen MR) is 67.2 cm³/mol. The summed E-state index contributed by atoms with van der Waals surface area (Å²) >= 11 is 4.92. The minimum absolute atomic E-state index is 0.00677. The van der Waals surface area contributed by atoms with Crippen molar-refractivity contribution < 1.29 is 5.11 Å². The van der Waals surface area contributed by atoms with Crippen LogP contribution in [0.25, 0.3) is 0 Å². The van der Waals surface area contributed by atoms with E-state index < -0.39 is 0 Å². The van der Waals surface area contributed by atoms with Gasteiger partial charge in [-0.15, -0.1) is 0 Å². The topological polar surface area (TPSA) is 69.5 Å². The van der Waals surface area contributed by atoms with Crippen molar-refractivity contribution in [2.24, 2.45) is 5.10 Å². The fraction of sp³-hybridized carbons (Fsp3) is 0.300. The molecule has 0 unspecified atom stereocenters. The van der Waals surface area contributed by atoms with Gasteiger partial charge >= 0.3 is 0 Å². The molecule has 1 aromatic heterocycles. The molecular formula is C10H14N4OS. The van der Waals surface area contributed by atoms with Gasteiger partial charge in [0.15, 0.2) is 5.11 Å². The van der Waals surface area contributed by atoms with Gasteiger partial charge in [0.2, 0.25) is 0 Å². The fourth-order valence-electron chi connectivity index (χ4n) is 0.963. The van der Waals surface area contributed by atoms with Gasteiger partial charge in [-0.1, -0.05) is 6.07 Å². The van der Waals surface area contributed by atoms with Crippen molar-refractivity contribution in [3.63, 3.8) is 0 Å². The van der Waals surface area contributed by atoms with Crippen molar-refractivity contribution in [2.75, 3.05) is 6.54 Å². The maximum absolute atomic E-state index is 8.83. The smallest absolute Gasteiger partial charge is 0.186 e. The molecule has 0 fully saturated rings. The van der Waals surface area contributed by atoms with Crippen molar-refractivity contribution in [1.29, 1.82) is 0 Å². The summed E-state index contributed by atoms with van der Waals surface area (Å²) in [7, 11) is 0. The van der Waals surface area contributed by atoms with Gasteiger partial charge in [0.05, 0.1) is 18.5 Å². The lowest BCUT2D eigenvalue weighted by Gasteiger charge is -2.02. The highest BCUT2D eigenvalue weighted by atomic mass is 32.1. The van der Waals surface area contributed by atoms with Crippen LogP contribution < -0.4 is 10.7 Å². The van der Waals surface area contributed by atoms with E-state index in [1.165, 1.54) is 0 Å². The number of rotatable bonds is 4. The van der Waals surface area contributed by atoms with E-state index in [4.69, 9.17) is 17.3 Å². The summed E-state index contributed by atoms with van der Waals surface area (Å²) in [6.07, 6.45) is 3.16. The normalized spacial score (nSPS) is 10.4. The van der Waals surface area contributed by atoms with E-state index in [0.29, 0.717) is 10.8 Å². The lowest BCUT2D eigenvalue weighted by molar-refractivity contribution is 0.281. The Morgan fingerprint density at radius 1 is 1.62 bits per heavy atom. The Balaban J connectivity index is 2.46. The van der Waals surface area contributed by atoms with E-state index in [1.54, 1.807) is 24.5 Å². The summed E-state index contributed by atoms with van der Waals surface area (Å²) in [5.41, 5.74) is 4.13. The Bertz CT molecular complexity index is 364. The van der Waals surface area contributed by atoms with Gasteiger partial charge < -0.3 is 10.4 Å². The molecule has 16 heavy (non-hydrogen) atoms. The molecule has 0 aromatic carbocycles. The number of nitrogens with zero attached hydrogens (tertiary/aromatic N) is 2. The molecule has 0 amide bonds. The minimum atomic E-state index is -0.00677. The maximum atomic E-state index is 8.83. The first kappa shape index (κ1) is 12.5. The van der Waals surface area contributed by atoms with E-state index in [1.807, 2.05) is 6.92 Å². The largest absolute Gasteiger partial charge is 0.392 e. The molecule has 0 aliphatic heterocycles. The van der Waals surface area contributed by atoms with Gasteiger partial charge in [-0.3, -0.25) is 10.4 Å². The average Bonchev–Trinajstić information content (AvgIpc) is 2.30. The van der Waals surface area contributed by atoms with E-state index in [0.717, 1.165) is 12.1 Å². The van der Waals surface area contributed by atoms with Crippen LogP contribution in [0.2, 0.25) is 0 Å². The van der Waals surface area contributed by atoms with Gasteiger partial charge in [0.25, 0.3) is 0 Å². The summed E-state index contributed by atoms with van der Waals surface area (Å²) in [4.78, 5) is 4.08. The number of aliphatic hydroxyl groups excluding tert-OH is 1. The van der Waals surface area contributed by atoms with Gasteiger partial charge in [-0.2, -0.15) is 5.10 Å². The number of hydrazone groups is 1. The summed E-state index contributed by atoms with van der Waals surface area (Å²) in [6.45, 7) is 2.70. The molecule has 0 radical (unpaired) electrons. The molecule has 86 valence electrons. The lowest BCUT2D eigenvalue weighted by atomic mass is 10.3. The highest BCUT2D eigenvalue weighted by Crippen LogP contribution is 1.97. The lowest BCUT2D eigenvalue weighted by Crippen LogP contribution is -2.31. The van der Waals surface area contributed by atoms with E-state index >= 15 is 0 Å². The molecule has 5 nitrogen and oxygen atoms in total. The third kappa shape index (κ3) is 4.33. The van der Waals surface area contributed by atoms with E-state index in [-0.39, 0.29) is 6.61 Å². The molecule has 0 aliphatic rings. The summed E-state index contributed by atoms with van der Waals surface area (Å²) < 4.78 is 0. The number of hydrogen-bond donors (Lipinski definition) is 3. The van der Waals surface area contributed by atoms with Crippen LogP contribution in [-0.4, -0.2) is 28.0 Å². The van der Waals surface area contributed by atoms with Crippen molar-refractivity contribution in [1.82, 2.24) is 15.7 Å². The van der Waals surface area contributed by atoms with Crippen LogP contribution in [-0.2, 0) is 6.61 Å². The molecule has 1 heterocycles. The van der Waals surface area contributed by atoms with Crippen LogP contribution in [0, 0.1) is 0 Å². The first-order chi connectivity index (χ1) is 7.76. The number of aliphatic hydroxyl groups is 1. The second-order valence-electron chi connectivity index (χ2n) is 2.98. The number of nitrogens with one attached hydrogen (secondary N) is 2. The minimum Gasteiger partial charge on any atom is -0.392 e. The molecule has 1 rings (SSSR count). The molecule has 0 aliphatic carbocycles. The third-order valence-electron chi connectivity index (χ3n) is 1.73. The Morgan fingerprint density at radius 2 is 2.44 bits per heavy atom. The highest BCUT2D eigenvalue weighted by Gasteiger charge is 1.92. The predicted octanol–water partition coefficient (Wildman–Crippen LogP) is 0.392. The van der Waals surface area contributed by atoms with Gasteiger partial charge in [-0.05, 0) is 30.8 Å². The van der Waals surface area contributed by atoms with Gasteiger partial charge in [-0.25, -0.2) is 0 Å². The zero-order valence-electron chi connectivity index (χ0n) is 8.97. The second-order valence-corrected chi connectivity index (χ2v) is 3.39. The Morgan fingerprint density at radius 3 is 3.00 bits per heavy atom. The maximum Gasteiger partial charge on any atom is 0.186 e. The van der Waals surface area contributed by atoms with Crippen molar-refractivity contribution in [3.8, 4) is 0 Å². The molecule has 0 saturated carbocycles. The van der Waals surface area contributed by atoms with Crippen LogP contribution in [0.4, 0.5) is 0 Å². The monoisotopic (exact) mass is 238 g/mol. The molecular weight excluding hydrogens is 224 g/mol. The first-order valence-corrected chi connectivity index (χ1v) is 5.29. The second kappa shape index (κ2) is 6.86. The standard InChI is InChI=1S/C10H14N4OS/c1-2-11-10(16)14-13-6-9-4-3-8(7-15)5-12-9/h3-6,15H,2,7H2,1H3,(H2,11,14,16). The van der Waals surface area contributed by atoms with E-state index in [9.17, 15) is 0 Å². The van der Waals surface area contributed by atoms with Crippen LogP contribution >= 0.6 is 12.2 Å². The molecule has 3 N–H and O–H groups in total. The van der Waals surface area contributed by atoms with E-state index in [2.05, 4.69) is 20.8 Å². The van der Waals surface area contributed by atoms with Crippen molar-refractivity contribution in [2.45, 2.75) is 13.5 Å². The Hall–Kier alpha value is -1.53. The molecule has 1 aromatic rings. The van der Waals surface area contributed by atoms with Gasteiger partial charge in [0, 0.05) is 12.7 Å². The van der Waals surface area contributed by atoms with Crippen LogP contribution in [0.5, 0.6) is 0 Å². The average molecular weight is 238 g/mol. The quantitative estimate of drug-likeness (QED) is 0.402. The first-order valence-electron chi connectivity index (χ1n) is 4.89. The number of aromatic nitrogens is 1. The van der Waals surface area contributed by atoms with Crippen molar-refractivity contribution >= 4 is 23.5 Å². The molecule has 6 heteroatoms. The Kier molecular flexibility index (Phi) is 5.38. The van der Waals surface area contributed by atoms with Crippen LogP contribution in [0.15, 0.2) is 23.4 Å². The van der Waals surface area contributed by atoms with Crippen LogP contribution in [0.1, 0.15) is 18.2 Å². The zero-order chi connectivity index (χ0) is 11.8. The highest BCUT2D eigenvalue weighted by molar-refractivity contribution is 7.80. The van der Waals surface area contributed by atoms with Crippen molar-refractivity contribution in [3.05, 3.63) is 29.6 Å². The summed E-state index contributed by atoms with van der Waals surface area (Å²) in [6, 6.07) is 3.56. The third-order valence-corrected chi connectivity index (χ3v) is 1.97. The molecule has 0 bridgehead atoms. The number of pyridine rings is 1. The zero-order valence-corrected chi connectivity index (χ0v) is 9.79. The summed E-state index contributed by atoms with van der Waals surface area (Å²) in [5, 5.41) is 16.1. The SMILES string of the molecule is CCNC(=S)NN=Cc1ccc(CO)cn1. The van der Waals surface area contributed by atoms with Gasteiger partial charge in [0.1, 0.15) is 0 Å². The fourth-order valence-corrected chi connectivity index (χ4v) is 1.16. The molecule has 0 spiro atoms. The number of hydrogen-bond acceptors (Lipinski definition) is 4. The Labute approximate surface area is 99.6 Å². The number of thiocarbonyl (C=S) groups is 1. The molecule has 0 saturated heterocycles. The molecule has 0 atom stereocenters. The van der Waals surface area contributed by atoms with Crippen LogP contribution in [0.3, 0.4) is 0 Å². The summed E-state index contributed by atoms with van der Waals surface area (Å²) in [5.74, 6) is 0.